The van der Waals surface area contributed by atoms with Crippen molar-refractivity contribution in [1.82, 2.24) is 24.3 Å². The first kappa shape index (κ1) is 20.5. The van der Waals surface area contributed by atoms with Crippen LogP contribution in [0.3, 0.4) is 0 Å². The number of carbonyl (C=O) groups excluding carboxylic acids is 1. The number of nitrogens with one attached hydrogen (secondary N) is 1. The maximum Gasteiger partial charge on any atom is 0.214 e. The Morgan fingerprint density at radius 2 is 1.97 bits per heavy atom. The number of fused-ring (bicyclic) bond motifs is 2. The largest absolute Gasteiger partial charge is 0.383 e. The molecular formula is C25H25N7O2. The lowest BCUT2D eigenvalue weighted by atomic mass is 10.1. The molecule has 0 radical (unpaired) electrons. The first-order valence-corrected chi connectivity index (χ1v) is 11.3. The Morgan fingerprint density at radius 1 is 1.15 bits per heavy atom. The van der Waals surface area contributed by atoms with Crippen LogP contribution < -0.4 is 10.6 Å². The lowest BCUT2D eigenvalue weighted by Gasteiger charge is -2.29. The third kappa shape index (κ3) is 3.16. The van der Waals surface area contributed by atoms with Crippen LogP contribution in [-0.2, 0) is 11.8 Å². The molecule has 2 aromatic carbocycles. The van der Waals surface area contributed by atoms with Gasteiger partial charge in [0.2, 0.25) is 5.78 Å². The number of benzene rings is 2. The van der Waals surface area contributed by atoms with Crippen LogP contribution in [0, 0.1) is 6.92 Å². The highest BCUT2D eigenvalue weighted by Gasteiger charge is 2.23. The van der Waals surface area contributed by atoms with Gasteiger partial charge in [-0.3, -0.25) is 4.79 Å². The molecule has 34 heavy (non-hydrogen) atoms. The second-order valence-electron chi connectivity index (χ2n) is 8.61. The van der Waals surface area contributed by atoms with Crippen LogP contribution in [0.1, 0.15) is 21.9 Å². The summed E-state index contributed by atoms with van der Waals surface area (Å²) < 4.78 is 9.02. The number of nitrogens with two attached hydrogens (primary N) is 1. The van der Waals surface area contributed by atoms with Gasteiger partial charge < -0.3 is 24.9 Å². The van der Waals surface area contributed by atoms with Crippen molar-refractivity contribution in [2.45, 2.75) is 6.92 Å². The van der Waals surface area contributed by atoms with E-state index in [4.69, 9.17) is 10.5 Å². The van der Waals surface area contributed by atoms with E-state index < -0.39 is 0 Å². The number of aryl methyl sites for hydroxylation is 2. The number of hydrogen-bond donors (Lipinski definition) is 2. The number of H-pyrrole nitrogens is 1. The van der Waals surface area contributed by atoms with Gasteiger partial charge in [-0.2, -0.15) is 5.10 Å². The molecule has 5 aromatic rings. The molecule has 0 amide bonds. The summed E-state index contributed by atoms with van der Waals surface area (Å²) in [6.07, 6.45) is 1.54. The average Bonchev–Trinajstić information content (AvgIpc) is 3.52. The molecule has 9 heteroatoms. The molecule has 0 spiro atoms. The number of ether oxygens (including phenoxy) is 1. The predicted molar refractivity (Wildman–Crippen MR) is 132 cm³/mol. The Labute approximate surface area is 195 Å². The van der Waals surface area contributed by atoms with Crippen molar-refractivity contribution >= 4 is 39.2 Å². The Morgan fingerprint density at radius 3 is 2.79 bits per heavy atom. The van der Waals surface area contributed by atoms with Crippen LogP contribution in [0.15, 0.2) is 48.7 Å². The van der Waals surface area contributed by atoms with E-state index >= 15 is 0 Å². The number of aromatic nitrogens is 5. The van der Waals surface area contributed by atoms with Crippen molar-refractivity contribution in [1.29, 1.82) is 0 Å². The number of hydrogen-bond acceptors (Lipinski definition) is 6. The topological polar surface area (TPSA) is 107 Å². The first-order chi connectivity index (χ1) is 16.5. The van der Waals surface area contributed by atoms with E-state index in [9.17, 15) is 4.79 Å². The minimum atomic E-state index is -0.158. The smallest absolute Gasteiger partial charge is 0.214 e. The molecule has 0 aliphatic carbocycles. The molecular weight excluding hydrogens is 430 g/mol. The van der Waals surface area contributed by atoms with Gasteiger partial charge in [0.15, 0.2) is 0 Å². The zero-order valence-electron chi connectivity index (χ0n) is 19.1. The molecule has 9 nitrogen and oxygen atoms in total. The first-order valence-electron chi connectivity index (χ1n) is 11.3. The summed E-state index contributed by atoms with van der Waals surface area (Å²) >= 11 is 0. The summed E-state index contributed by atoms with van der Waals surface area (Å²) in [6.45, 7) is 4.98. The number of rotatable bonds is 4. The van der Waals surface area contributed by atoms with Crippen molar-refractivity contribution in [2.75, 3.05) is 36.9 Å². The predicted octanol–water partition coefficient (Wildman–Crippen LogP) is 3.20. The fourth-order valence-electron chi connectivity index (χ4n) is 4.78. The summed E-state index contributed by atoms with van der Waals surface area (Å²) in [5, 5.41) is 5.47. The Balaban J connectivity index is 1.39. The van der Waals surface area contributed by atoms with Crippen molar-refractivity contribution in [3.8, 4) is 5.69 Å². The fraction of sp³-hybridized carbons (Fsp3) is 0.240. The van der Waals surface area contributed by atoms with Crippen LogP contribution in [0.2, 0.25) is 0 Å². The molecule has 0 unspecified atom stereocenters. The summed E-state index contributed by atoms with van der Waals surface area (Å²) in [4.78, 5) is 23.6. The van der Waals surface area contributed by atoms with Gasteiger partial charge in [-0.1, -0.05) is 6.07 Å². The Hall–Kier alpha value is -4.11. The van der Waals surface area contributed by atoms with Crippen molar-refractivity contribution < 1.29 is 9.53 Å². The molecule has 172 valence electrons. The van der Waals surface area contributed by atoms with Crippen LogP contribution in [0.25, 0.3) is 27.6 Å². The van der Waals surface area contributed by atoms with Crippen molar-refractivity contribution in [2.24, 2.45) is 7.05 Å². The van der Waals surface area contributed by atoms with E-state index in [0.29, 0.717) is 30.3 Å². The number of nitrogens with zero attached hydrogens (tertiary/aromatic N) is 5. The second-order valence-corrected chi connectivity index (χ2v) is 8.61. The molecule has 6 rings (SSSR count). The highest BCUT2D eigenvalue weighted by atomic mass is 16.5. The molecule has 0 saturated carbocycles. The maximum atomic E-state index is 13.6. The minimum Gasteiger partial charge on any atom is -0.383 e. The highest BCUT2D eigenvalue weighted by molar-refractivity contribution is 6.14. The molecule has 1 fully saturated rings. The number of carbonyl (C=O) groups is 1. The number of imidazole rings is 1. The van der Waals surface area contributed by atoms with Gasteiger partial charge >= 0.3 is 0 Å². The molecule has 3 aromatic heterocycles. The summed E-state index contributed by atoms with van der Waals surface area (Å²) in [7, 11) is 1.91. The third-order valence-electron chi connectivity index (χ3n) is 6.53. The number of nitrogen functional groups attached to an aromatic ring is 1. The fourth-order valence-corrected chi connectivity index (χ4v) is 4.78. The number of ketones is 1. The van der Waals surface area contributed by atoms with Gasteiger partial charge in [0.1, 0.15) is 11.6 Å². The van der Waals surface area contributed by atoms with Crippen molar-refractivity contribution in [3.05, 3.63) is 65.7 Å². The maximum absolute atomic E-state index is 13.6. The molecule has 0 atom stereocenters. The zero-order chi connectivity index (χ0) is 23.4. The standard InChI is InChI=1S/C25H25N7O2/c1-15-28-19-7-6-16(12-20(19)29-15)32-25(26)18(14-27-32)24(33)23-13-17-21(30(23)2)4-3-5-22(17)31-8-10-34-11-9-31/h3-7,12-14H,8-11,26H2,1-2H3,(H,28,29). The van der Waals surface area contributed by atoms with Gasteiger partial charge in [0, 0.05) is 31.2 Å². The normalized spacial score (nSPS) is 14.4. The number of aromatic amines is 1. The van der Waals surface area contributed by atoms with E-state index in [-0.39, 0.29) is 5.78 Å². The summed E-state index contributed by atoms with van der Waals surface area (Å²) in [5.74, 6) is 0.983. The van der Waals surface area contributed by atoms with Gasteiger partial charge in [0.05, 0.1) is 52.9 Å². The second kappa shape index (κ2) is 7.74. The molecule has 3 N–H and O–H groups in total. The van der Waals surface area contributed by atoms with E-state index in [1.54, 1.807) is 10.9 Å². The molecule has 1 aliphatic rings. The number of anilines is 2. The van der Waals surface area contributed by atoms with E-state index in [1.807, 2.05) is 54.9 Å². The van der Waals surface area contributed by atoms with E-state index in [0.717, 1.165) is 52.2 Å². The van der Waals surface area contributed by atoms with Crippen LogP contribution >= 0.6 is 0 Å². The van der Waals surface area contributed by atoms with Crippen LogP contribution in [0.4, 0.5) is 11.5 Å². The van der Waals surface area contributed by atoms with E-state index in [1.165, 1.54) is 0 Å². The lowest BCUT2D eigenvalue weighted by Crippen LogP contribution is -2.36. The summed E-state index contributed by atoms with van der Waals surface area (Å²) in [5.41, 5.74) is 12.0. The monoisotopic (exact) mass is 455 g/mol. The van der Waals surface area contributed by atoms with Crippen molar-refractivity contribution in [3.63, 3.8) is 0 Å². The Bertz CT molecular complexity index is 1550. The van der Waals surface area contributed by atoms with Gasteiger partial charge in [0.25, 0.3) is 0 Å². The molecule has 4 heterocycles. The SMILES string of the molecule is Cc1nc2ccc(-n3ncc(C(=O)c4cc5c(N6CCOCC6)cccc5n4C)c3N)cc2[nH]1. The van der Waals surface area contributed by atoms with Gasteiger partial charge in [-0.25, -0.2) is 9.67 Å². The summed E-state index contributed by atoms with van der Waals surface area (Å²) in [6, 6.07) is 13.9. The van der Waals surface area contributed by atoms with Gasteiger partial charge in [-0.05, 0) is 43.3 Å². The number of morpholine rings is 1. The molecule has 1 saturated heterocycles. The van der Waals surface area contributed by atoms with Crippen LogP contribution in [-0.4, -0.2) is 56.4 Å². The quantitative estimate of drug-likeness (QED) is 0.403. The van der Waals surface area contributed by atoms with Crippen LogP contribution in [0.5, 0.6) is 0 Å². The molecule has 0 bridgehead atoms. The molecule has 1 aliphatic heterocycles. The van der Waals surface area contributed by atoms with E-state index in [2.05, 4.69) is 26.0 Å². The van der Waals surface area contributed by atoms with Gasteiger partial charge in [-0.15, -0.1) is 0 Å². The Kier molecular flexibility index (Phi) is 4.66. The average molecular weight is 456 g/mol. The zero-order valence-corrected chi connectivity index (χ0v) is 19.1. The highest BCUT2D eigenvalue weighted by Crippen LogP contribution is 2.32. The third-order valence-corrected chi connectivity index (χ3v) is 6.53. The lowest BCUT2D eigenvalue weighted by molar-refractivity contribution is 0.103. The minimum absolute atomic E-state index is 0.158.